The number of H-pyrrole nitrogens is 2. The fourth-order valence-corrected chi connectivity index (χ4v) is 3.35. The van der Waals surface area contributed by atoms with E-state index in [4.69, 9.17) is 17.0 Å². The topological polar surface area (TPSA) is 198 Å². The molecule has 13 nitrogen and oxygen atoms in total. The summed E-state index contributed by atoms with van der Waals surface area (Å²) in [7, 11) is -4.39. The lowest BCUT2D eigenvalue weighted by Gasteiger charge is -2.16. The van der Waals surface area contributed by atoms with Gasteiger partial charge in [0.05, 0.1) is 17.3 Å². The van der Waals surface area contributed by atoms with Crippen molar-refractivity contribution in [2.45, 2.75) is 11.4 Å². The third kappa shape index (κ3) is 4.28. The first kappa shape index (κ1) is 21.3. The molecule has 0 saturated heterocycles. The Balaban J connectivity index is 1.81. The smallest absolute Gasteiger partial charge is 0.313 e. The van der Waals surface area contributed by atoms with Gasteiger partial charge in [-0.05, 0) is 23.4 Å². The normalized spacial score (nSPS) is 11.4. The Hall–Kier alpha value is -3.40. The summed E-state index contributed by atoms with van der Waals surface area (Å²) < 4.78 is 44.3. The predicted octanol–water partition coefficient (Wildman–Crippen LogP) is -0.0616. The highest BCUT2D eigenvalue weighted by Crippen LogP contribution is 2.23. The molecule has 0 radical (unpaired) electrons. The quantitative estimate of drug-likeness (QED) is 0.190. The van der Waals surface area contributed by atoms with Gasteiger partial charge in [0.25, 0.3) is 5.56 Å². The fraction of sp³-hybridized carbons (Fsp3) is 0.0714. The van der Waals surface area contributed by atoms with Crippen LogP contribution in [0.3, 0.4) is 0 Å². The van der Waals surface area contributed by atoms with Crippen molar-refractivity contribution in [1.82, 2.24) is 25.0 Å². The van der Waals surface area contributed by atoms with Gasteiger partial charge in [-0.1, -0.05) is 16.8 Å². The van der Waals surface area contributed by atoms with E-state index in [-0.39, 0.29) is 22.1 Å². The van der Waals surface area contributed by atoms with Crippen LogP contribution in [0.5, 0.6) is 0 Å². The standard InChI is InChI=1S/C14H11ClFN7O6S/c15-7-3-6(1-2-8(7)16)23(26)12(17)11-9(21-29-22-11)4-19-30(27,28)10-5-18-14(25)20-13(10)24/h1-3,5,17,19,26H,4H2,(H2,18,20,24,25). The van der Waals surface area contributed by atoms with Crippen LogP contribution in [0.2, 0.25) is 5.02 Å². The number of aromatic amines is 2. The van der Waals surface area contributed by atoms with Gasteiger partial charge in [-0.2, -0.15) is 0 Å². The van der Waals surface area contributed by atoms with Gasteiger partial charge in [0, 0.05) is 6.20 Å². The van der Waals surface area contributed by atoms with Gasteiger partial charge in [0.15, 0.2) is 16.4 Å². The third-order valence-corrected chi connectivity index (χ3v) is 5.34. The van der Waals surface area contributed by atoms with Crippen LogP contribution < -0.4 is 21.0 Å². The molecule has 3 aromatic rings. The first-order chi connectivity index (χ1) is 14.1. The molecule has 0 spiro atoms. The average Bonchev–Trinajstić information content (AvgIpc) is 3.16. The molecule has 0 unspecified atom stereocenters. The number of sulfonamides is 1. The van der Waals surface area contributed by atoms with Crippen LogP contribution in [0.4, 0.5) is 10.1 Å². The van der Waals surface area contributed by atoms with Gasteiger partial charge in [-0.3, -0.25) is 20.4 Å². The third-order valence-electron chi connectivity index (χ3n) is 3.64. The van der Waals surface area contributed by atoms with Crippen molar-refractivity contribution in [3.8, 4) is 0 Å². The molecule has 0 saturated carbocycles. The predicted molar refractivity (Wildman–Crippen MR) is 98.5 cm³/mol. The molecule has 30 heavy (non-hydrogen) atoms. The highest BCUT2D eigenvalue weighted by molar-refractivity contribution is 7.89. The molecule has 0 amide bonds. The molecule has 5 N–H and O–H groups in total. The van der Waals surface area contributed by atoms with E-state index in [9.17, 15) is 27.6 Å². The zero-order valence-corrected chi connectivity index (χ0v) is 16.1. The van der Waals surface area contributed by atoms with E-state index in [1.165, 1.54) is 0 Å². The molecule has 0 aliphatic carbocycles. The van der Waals surface area contributed by atoms with Crippen molar-refractivity contribution in [2.24, 2.45) is 0 Å². The number of rotatable bonds is 6. The number of hydroxylamine groups is 1. The number of nitrogens with zero attached hydrogens (tertiary/aromatic N) is 3. The lowest BCUT2D eigenvalue weighted by Crippen LogP contribution is -2.34. The van der Waals surface area contributed by atoms with E-state index >= 15 is 0 Å². The number of anilines is 1. The summed E-state index contributed by atoms with van der Waals surface area (Å²) in [6, 6.07) is 3.14. The van der Waals surface area contributed by atoms with Crippen molar-refractivity contribution in [1.29, 1.82) is 5.41 Å². The van der Waals surface area contributed by atoms with Crippen molar-refractivity contribution in [3.05, 3.63) is 67.5 Å². The van der Waals surface area contributed by atoms with E-state index in [2.05, 4.69) is 14.9 Å². The molecule has 158 valence electrons. The Morgan fingerprint density at radius 1 is 1.37 bits per heavy atom. The minimum Gasteiger partial charge on any atom is -0.313 e. The molecular formula is C14H11ClFN7O6S. The molecule has 3 rings (SSSR count). The zero-order chi connectivity index (χ0) is 22.1. The lowest BCUT2D eigenvalue weighted by atomic mass is 10.2. The lowest BCUT2D eigenvalue weighted by molar-refractivity contribution is 0.297. The molecule has 0 fully saturated rings. The summed E-state index contributed by atoms with van der Waals surface area (Å²) in [4.78, 5) is 25.7. The van der Waals surface area contributed by atoms with Crippen molar-refractivity contribution >= 4 is 33.1 Å². The molecule has 0 bridgehead atoms. The van der Waals surface area contributed by atoms with Crippen LogP contribution in [0, 0.1) is 11.2 Å². The average molecular weight is 460 g/mol. The van der Waals surface area contributed by atoms with Crippen LogP contribution in [-0.2, 0) is 16.6 Å². The van der Waals surface area contributed by atoms with Gasteiger partial charge in [0.1, 0.15) is 11.5 Å². The van der Waals surface area contributed by atoms with E-state index < -0.39 is 44.4 Å². The number of benzene rings is 1. The number of hydrogen-bond acceptors (Lipinski definition) is 9. The highest BCUT2D eigenvalue weighted by atomic mass is 35.5. The van der Waals surface area contributed by atoms with E-state index in [1.54, 1.807) is 4.98 Å². The van der Waals surface area contributed by atoms with Crippen molar-refractivity contribution < 1.29 is 22.6 Å². The van der Waals surface area contributed by atoms with Crippen LogP contribution in [0.25, 0.3) is 0 Å². The van der Waals surface area contributed by atoms with Gasteiger partial charge in [0.2, 0.25) is 10.0 Å². The maximum atomic E-state index is 13.3. The van der Waals surface area contributed by atoms with Gasteiger partial charge in [-0.25, -0.2) is 32.0 Å². The Labute approximate surface area is 170 Å². The number of nitrogens with one attached hydrogen (secondary N) is 4. The van der Waals surface area contributed by atoms with E-state index in [0.717, 1.165) is 18.2 Å². The maximum Gasteiger partial charge on any atom is 0.325 e. The molecule has 2 heterocycles. The Morgan fingerprint density at radius 2 is 2.10 bits per heavy atom. The Morgan fingerprint density at radius 3 is 2.77 bits per heavy atom. The van der Waals surface area contributed by atoms with E-state index in [0.29, 0.717) is 11.3 Å². The van der Waals surface area contributed by atoms with Gasteiger partial charge >= 0.3 is 5.69 Å². The molecule has 0 aliphatic heterocycles. The summed E-state index contributed by atoms with van der Waals surface area (Å²) in [6.45, 7) is -0.583. The minimum absolute atomic E-state index is 0.0827. The molecular weight excluding hydrogens is 449 g/mol. The van der Waals surface area contributed by atoms with Crippen LogP contribution >= 0.6 is 11.6 Å². The largest absolute Gasteiger partial charge is 0.325 e. The SMILES string of the molecule is N=C(c1nonc1CNS(=O)(=O)c1c[nH]c(=O)[nH]c1=O)N(O)c1ccc(F)c(Cl)c1. The summed E-state index contributed by atoms with van der Waals surface area (Å²) in [5.41, 5.74) is -2.68. The molecule has 0 atom stereocenters. The molecule has 1 aromatic carbocycles. The van der Waals surface area contributed by atoms with Gasteiger partial charge < -0.3 is 4.98 Å². The van der Waals surface area contributed by atoms with Gasteiger partial charge in [-0.15, -0.1) is 0 Å². The summed E-state index contributed by atoms with van der Waals surface area (Å²) in [5.74, 6) is -1.43. The number of aromatic nitrogens is 4. The second-order valence-corrected chi connectivity index (χ2v) is 7.72. The number of halogens is 2. The fourth-order valence-electron chi connectivity index (χ4n) is 2.19. The first-order valence-electron chi connectivity index (χ1n) is 7.76. The number of amidine groups is 1. The number of hydrogen-bond donors (Lipinski definition) is 5. The monoisotopic (exact) mass is 459 g/mol. The first-order valence-corrected chi connectivity index (χ1v) is 9.62. The van der Waals surface area contributed by atoms with Crippen LogP contribution in [0.15, 0.2) is 43.5 Å². The zero-order valence-electron chi connectivity index (χ0n) is 14.5. The summed E-state index contributed by atoms with van der Waals surface area (Å²) in [6.07, 6.45) is 0.710. The minimum atomic E-state index is -4.39. The van der Waals surface area contributed by atoms with E-state index in [1.807, 2.05) is 9.71 Å². The van der Waals surface area contributed by atoms with Crippen LogP contribution in [0.1, 0.15) is 11.4 Å². The maximum absolute atomic E-state index is 13.3. The molecule has 0 aliphatic rings. The van der Waals surface area contributed by atoms with Crippen molar-refractivity contribution in [2.75, 3.05) is 5.06 Å². The highest BCUT2D eigenvalue weighted by Gasteiger charge is 2.24. The summed E-state index contributed by atoms with van der Waals surface area (Å²) in [5, 5.41) is 25.1. The Kier molecular flexibility index (Phi) is 5.79. The second-order valence-electron chi connectivity index (χ2n) is 5.58. The summed E-state index contributed by atoms with van der Waals surface area (Å²) >= 11 is 5.64. The Bertz CT molecular complexity index is 1330. The van der Waals surface area contributed by atoms with Crippen molar-refractivity contribution in [3.63, 3.8) is 0 Å². The molecule has 2 aromatic heterocycles. The second kappa shape index (κ2) is 8.15. The van der Waals surface area contributed by atoms with Crippen LogP contribution in [-0.4, -0.2) is 39.7 Å². The molecule has 16 heteroatoms.